The van der Waals surface area contributed by atoms with Crippen LogP contribution in [-0.4, -0.2) is 66.7 Å². The average Bonchev–Trinajstić information content (AvgIpc) is 2.93. The van der Waals surface area contributed by atoms with Gasteiger partial charge in [0.15, 0.2) is 0 Å². The van der Waals surface area contributed by atoms with Gasteiger partial charge in [-0.1, -0.05) is 42.8 Å². The van der Waals surface area contributed by atoms with Crippen LogP contribution in [0.5, 0.6) is 5.75 Å². The molecule has 10 heteroatoms. The largest absolute Gasteiger partial charge is 0.494 e. The number of nitrogens with two attached hydrogens (primary N) is 1. The van der Waals surface area contributed by atoms with E-state index in [4.69, 9.17) is 32.9 Å². The van der Waals surface area contributed by atoms with Crippen LogP contribution in [0.4, 0.5) is 5.69 Å². The lowest BCUT2D eigenvalue weighted by Crippen LogP contribution is -2.56. The predicted octanol–water partition coefficient (Wildman–Crippen LogP) is 5.78. The molecule has 0 unspecified atom stereocenters. The monoisotopic (exact) mass is 602 g/mol. The van der Waals surface area contributed by atoms with E-state index in [1.54, 1.807) is 19.4 Å². The zero-order valence-electron chi connectivity index (χ0n) is 25.5. The van der Waals surface area contributed by atoms with Crippen LogP contribution in [0.1, 0.15) is 43.9 Å². The SMILES string of the molecule is CC/C=C\C(=C/N(C)C1CN(Cc2cc(Cl)ccn2)C1)c1cccc(N/C(=C/C(=N)N)C(=N)C(NC)=C2CCC2)c1OC. The van der Waals surface area contributed by atoms with E-state index in [0.717, 1.165) is 67.8 Å². The number of likely N-dealkylation sites (N-methyl/N-ethyl adjacent to an activating group) is 1. The van der Waals surface area contributed by atoms with Gasteiger partial charge in [0, 0.05) is 68.4 Å². The first-order valence-electron chi connectivity index (χ1n) is 14.7. The lowest BCUT2D eigenvalue weighted by molar-refractivity contribution is 0.0667. The van der Waals surface area contributed by atoms with Gasteiger partial charge in [-0.15, -0.1) is 0 Å². The van der Waals surface area contributed by atoms with Gasteiger partial charge in [-0.3, -0.25) is 20.7 Å². The average molecular weight is 603 g/mol. The number of hydrogen-bond donors (Lipinski definition) is 5. The van der Waals surface area contributed by atoms with Crippen molar-refractivity contribution in [3.05, 3.63) is 94.2 Å². The van der Waals surface area contributed by atoms with Crippen LogP contribution < -0.4 is 21.1 Å². The number of nitrogens with one attached hydrogen (secondary N) is 4. The zero-order chi connectivity index (χ0) is 30.9. The highest BCUT2D eigenvalue weighted by atomic mass is 35.5. The van der Waals surface area contributed by atoms with Crippen molar-refractivity contribution in [2.45, 2.75) is 45.2 Å². The van der Waals surface area contributed by atoms with Crippen molar-refractivity contribution in [1.29, 1.82) is 10.8 Å². The van der Waals surface area contributed by atoms with Crippen LogP contribution in [0.3, 0.4) is 0 Å². The van der Waals surface area contributed by atoms with Crippen molar-refractivity contribution in [3.63, 3.8) is 0 Å². The van der Waals surface area contributed by atoms with Gasteiger partial charge in [-0.25, -0.2) is 0 Å². The molecule has 0 radical (unpaired) electrons. The van der Waals surface area contributed by atoms with Gasteiger partial charge in [0.25, 0.3) is 0 Å². The molecule has 2 heterocycles. The van der Waals surface area contributed by atoms with Gasteiger partial charge in [0.2, 0.25) is 0 Å². The van der Waals surface area contributed by atoms with E-state index in [1.165, 1.54) is 11.6 Å². The fourth-order valence-corrected chi connectivity index (χ4v) is 5.42. The summed E-state index contributed by atoms with van der Waals surface area (Å²) in [5.74, 6) is 0.514. The molecular weight excluding hydrogens is 560 g/mol. The van der Waals surface area contributed by atoms with Gasteiger partial charge >= 0.3 is 0 Å². The maximum absolute atomic E-state index is 8.95. The number of methoxy groups -OCH3 is 1. The molecule has 0 amide bonds. The zero-order valence-corrected chi connectivity index (χ0v) is 26.3. The van der Waals surface area contributed by atoms with Crippen LogP contribution in [0, 0.1) is 10.8 Å². The summed E-state index contributed by atoms with van der Waals surface area (Å²) >= 11 is 6.14. The van der Waals surface area contributed by atoms with Crippen molar-refractivity contribution in [2.24, 2.45) is 5.73 Å². The Morgan fingerprint density at radius 1 is 1.26 bits per heavy atom. The molecule has 43 heavy (non-hydrogen) atoms. The first-order chi connectivity index (χ1) is 20.7. The number of benzene rings is 1. The molecule has 4 rings (SSSR count). The number of anilines is 1. The van der Waals surface area contributed by atoms with Gasteiger partial charge < -0.3 is 26.0 Å². The van der Waals surface area contributed by atoms with E-state index in [0.29, 0.717) is 28.2 Å². The molecule has 228 valence electrons. The van der Waals surface area contributed by atoms with Crippen molar-refractivity contribution in [3.8, 4) is 5.75 Å². The Kier molecular flexibility index (Phi) is 11.0. The van der Waals surface area contributed by atoms with E-state index in [2.05, 4.69) is 57.7 Å². The number of rotatable bonds is 14. The molecule has 1 aromatic carbocycles. The number of para-hydroxylation sites is 1. The number of likely N-dealkylation sites (tertiary alicyclic amines) is 1. The molecule has 0 spiro atoms. The fraction of sp³-hybridized carbons (Fsp3) is 0.364. The lowest BCUT2D eigenvalue weighted by Gasteiger charge is -2.43. The maximum Gasteiger partial charge on any atom is 0.150 e. The molecule has 2 fully saturated rings. The molecule has 1 aromatic heterocycles. The topological polar surface area (TPSA) is 126 Å². The molecule has 6 N–H and O–H groups in total. The summed E-state index contributed by atoms with van der Waals surface area (Å²) in [5.41, 5.74) is 12.1. The van der Waals surface area contributed by atoms with Crippen molar-refractivity contribution in [1.82, 2.24) is 20.1 Å². The van der Waals surface area contributed by atoms with E-state index in [1.807, 2.05) is 31.3 Å². The highest BCUT2D eigenvalue weighted by Gasteiger charge is 2.29. The van der Waals surface area contributed by atoms with Crippen LogP contribution >= 0.6 is 11.6 Å². The Labute approximate surface area is 260 Å². The minimum Gasteiger partial charge on any atom is -0.494 e. The number of hydrogen-bond acceptors (Lipinski definition) is 8. The standard InChI is InChI=1S/C33H43ClN8O/c1-5-6-9-23(18-41(3)26-20-42(21-26)19-25-16-24(34)14-15-39-25)27-12-8-13-28(33(27)43-4)40-29(17-30(35)36)31(37)32(38-2)22-10-7-11-22/h6,8-9,12-18,26,37-38,40H,5,7,10-11,19-21H2,1-4H3,(H3,35,36)/b9-6-,23-18+,29-17+,37-31?. The van der Waals surface area contributed by atoms with Gasteiger partial charge in [0.05, 0.1) is 35.9 Å². The molecule has 0 atom stereocenters. The van der Waals surface area contributed by atoms with E-state index < -0.39 is 0 Å². The number of nitrogens with zero attached hydrogens (tertiary/aromatic N) is 3. The number of halogens is 1. The third-order valence-corrected chi connectivity index (χ3v) is 7.97. The summed E-state index contributed by atoms with van der Waals surface area (Å²) in [6.07, 6.45) is 13.6. The first-order valence-corrected chi connectivity index (χ1v) is 15.0. The van der Waals surface area contributed by atoms with Crippen LogP contribution in [0.25, 0.3) is 5.57 Å². The molecule has 9 nitrogen and oxygen atoms in total. The molecule has 1 saturated heterocycles. The van der Waals surface area contributed by atoms with Gasteiger partial charge in [-0.05, 0) is 49.5 Å². The quantitative estimate of drug-likeness (QED) is 0.105. The summed E-state index contributed by atoms with van der Waals surface area (Å²) in [6.45, 7) is 4.74. The Balaban J connectivity index is 1.58. The van der Waals surface area contributed by atoms with Crippen LogP contribution in [0.2, 0.25) is 5.02 Å². The van der Waals surface area contributed by atoms with Crippen molar-refractivity contribution in [2.75, 3.05) is 39.6 Å². The summed E-state index contributed by atoms with van der Waals surface area (Å²) in [6, 6.07) is 10.00. The molecule has 2 aromatic rings. The van der Waals surface area contributed by atoms with E-state index >= 15 is 0 Å². The van der Waals surface area contributed by atoms with E-state index in [-0.39, 0.29) is 11.5 Å². The summed E-state index contributed by atoms with van der Waals surface area (Å²) in [5, 5.41) is 24.1. The highest BCUT2D eigenvalue weighted by molar-refractivity contribution is 6.30. The number of allylic oxidation sites excluding steroid dienone is 4. The third kappa shape index (κ3) is 8.06. The predicted molar refractivity (Wildman–Crippen MR) is 178 cm³/mol. The first kappa shape index (κ1) is 31.8. The third-order valence-electron chi connectivity index (χ3n) is 7.73. The number of ether oxygens (including phenoxy) is 1. The highest BCUT2D eigenvalue weighted by Crippen LogP contribution is 2.36. The van der Waals surface area contributed by atoms with E-state index in [9.17, 15) is 0 Å². The number of amidine groups is 1. The normalized spacial score (nSPS) is 16.0. The molecule has 1 saturated carbocycles. The molecule has 1 aliphatic heterocycles. The molecule has 0 bridgehead atoms. The summed E-state index contributed by atoms with van der Waals surface area (Å²) in [7, 11) is 5.58. The van der Waals surface area contributed by atoms with Crippen LogP contribution in [-0.2, 0) is 6.54 Å². The Morgan fingerprint density at radius 3 is 2.63 bits per heavy atom. The Morgan fingerprint density at radius 2 is 2.02 bits per heavy atom. The smallest absolute Gasteiger partial charge is 0.150 e. The molecule has 1 aliphatic carbocycles. The number of pyridine rings is 1. The summed E-state index contributed by atoms with van der Waals surface area (Å²) < 4.78 is 5.97. The molecular formula is C33H43ClN8O. The minimum atomic E-state index is -0.134. The second-order valence-corrected chi connectivity index (χ2v) is 11.3. The van der Waals surface area contributed by atoms with Crippen LogP contribution in [0.15, 0.2) is 77.9 Å². The maximum atomic E-state index is 8.95. The molecule has 2 aliphatic rings. The Bertz CT molecular complexity index is 1450. The minimum absolute atomic E-state index is 0.134. The lowest BCUT2D eigenvalue weighted by atomic mass is 9.88. The van der Waals surface area contributed by atoms with Crippen molar-refractivity contribution < 1.29 is 4.74 Å². The van der Waals surface area contributed by atoms with Gasteiger partial charge in [0.1, 0.15) is 17.3 Å². The fourth-order valence-electron chi connectivity index (χ4n) is 5.24. The van der Waals surface area contributed by atoms with Crippen molar-refractivity contribution >= 4 is 34.4 Å². The summed E-state index contributed by atoms with van der Waals surface area (Å²) in [4.78, 5) is 9.05. The second kappa shape index (κ2) is 14.9. The Hall–Kier alpha value is -4.08. The van der Waals surface area contributed by atoms with Gasteiger partial charge in [-0.2, -0.15) is 0 Å². The number of aromatic nitrogens is 1. The second-order valence-electron chi connectivity index (χ2n) is 10.9.